The molecule has 28 heavy (non-hydrogen) atoms. The van der Waals surface area contributed by atoms with Crippen molar-refractivity contribution in [3.8, 4) is 0 Å². The Morgan fingerprint density at radius 2 is 1.93 bits per heavy atom. The van der Waals surface area contributed by atoms with Gasteiger partial charge in [0.2, 0.25) is 11.9 Å². The van der Waals surface area contributed by atoms with Crippen molar-refractivity contribution < 1.29 is 18.0 Å². The third kappa shape index (κ3) is 4.71. The Kier molecular flexibility index (Phi) is 5.75. The van der Waals surface area contributed by atoms with E-state index < -0.39 is 24.3 Å². The van der Waals surface area contributed by atoms with Crippen molar-refractivity contribution >= 4 is 39.4 Å². The van der Waals surface area contributed by atoms with Gasteiger partial charge in [0.25, 0.3) is 0 Å². The lowest BCUT2D eigenvalue weighted by Gasteiger charge is -2.04. The highest BCUT2D eigenvalue weighted by molar-refractivity contribution is 9.10. The smallest absolute Gasteiger partial charge is 0.292 e. The van der Waals surface area contributed by atoms with Crippen LogP contribution in [0.4, 0.5) is 19.1 Å². The summed E-state index contributed by atoms with van der Waals surface area (Å²) in [6.07, 6.45) is -3.19. The minimum atomic E-state index is -4.62. The number of halogens is 5. The van der Waals surface area contributed by atoms with Crippen LogP contribution in [0.2, 0.25) is 5.02 Å². The van der Waals surface area contributed by atoms with Crippen molar-refractivity contribution in [2.45, 2.75) is 26.2 Å². The second kappa shape index (κ2) is 7.92. The minimum Gasteiger partial charge on any atom is -0.292 e. The third-order valence-corrected chi connectivity index (χ3v) is 4.94. The lowest BCUT2D eigenvalue weighted by Crippen LogP contribution is -2.21. The largest absolute Gasteiger partial charge is 0.436 e. The first-order valence-electron chi connectivity index (χ1n) is 7.87. The molecular weight excluding hydrogens is 465 g/mol. The number of carbonyl (C=O) groups is 1. The van der Waals surface area contributed by atoms with Crippen LogP contribution >= 0.6 is 27.5 Å². The summed E-state index contributed by atoms with van der Waals surface area (Å²) in [4.78, 5) is 16.1. The van der Waals surface area contributed by atoms with Gasteiger partial charge >= 0.3 is 6.18 Å². The van der Waals surface area contributed by atoms with Gasteiger partial charge in [-0.1, -0.05) is 23.7 Å². The molecule has 0 radical (unpaired) electrons. The molecule has 0 saturated heterocycles. The van der Waals surface area contributed by atoms with Crippen molar-refractivity contribution in [2.24, 2.45) is 0 Å². The van der Waals surface area contributed by atoms with Crippen LogP contribution in [0.1, 0.15) is 17.0 Å². The van der Waals surface area contributed by atoms with E-state index in [-0.39, 0.29) is 16.1 Å². The quantitative estimate of drug-likeness (QED) is 0.605. The zero-order valence-corrected chi connectivity index (χ0v) is 16.7. The van der Waals surface area contributed by atoms with E-state index in [1.165, 1.54) is 17.9 Å². The highest BCUT2D eigenvalue weighted by Crippen LogP contribution is 2.35. The molecule has 0 aliphatic heterocycles. The summed E-state index contributed by atoms with van der Waals surface area (Å²) < 4.78 is 41.0. The molecule has 3 rings (SSSR count). The van der Waals surface area contributed by atoms with E-state index in [1.54, 1.807) is 12.1 Å². The number of alkyl halides is 3. The third-order valence-electron chi connectivity index (χ3n) is 3.74. The number of nitrogens with one attached hydrogen (secondary N) is 1. The Morgan fingerprint density at radius 1 is 1.25 bits per heavy atom. The van der Waals surface area contributed by atoms with Crippen molar-refractivity contribution in [3.63, 3.8) is 0 Å². The maximum Gasteiger partial charge on any atom is 0.436 e. The Bertz CT molecular complexity index is 999. The molecule has 1 amide bonds. The van der Waals surface area contributed by atoms with E-state index in [4.69, 9.17) is 11.6 Å². The number of amides is 1. The standard InChI is InChI=1S/C16H13BrClF3N6O/c1-9-13(17)14(16(19,20)21)24-27(9)7-12(28)23-15-22-8-26(25-15)6-10-2-4-11(18)5-3-10/h2-5,8H,6-7H2,1H3,(H,23,25,28). The molecule has 7 nitrogen and oxygen atoms in total. The molecule has 1 N–H and O–H groups in total. The first-order chi connectivity index (χ1) is 13.1. The summed E-state index contributed by atoms with van der Waals surface area (Å²) >= 11 is 8.70. The monoisotopic (exact) mass is 476 g/mol. The highest BCUT2D eigenvalue weighted by Gasteiger charge is 2.38. The number of nitrogens with zero attached hydrogens (tertiary/aromatic N) is 5. The summed E-state index contributed by atoms with van der Waals surface area (Å²) in [6.45, 7) is 1.44. The van der Waals surface area contributed by atoms with Gasteiger partial charge < -0.3 is 0 Å². The van der Waals surface area contributed by atoms with Crippen LogP contribution in [-0.4, -0.2) is 30.5 Å². The highest BCUT2D eigenvalue weighted by atomic mass is 79.9. The molecule has 12 heteroatoms. The number of aromatic nitrogens is 5. The van der Waals surface area contributed by atoms with E-state index in [1.807, 2.05) is 12.1 Å². The number of carbonyl (C=O) groups excluding carboxylic acids is 1. The van der Waals surface area contributed by atoms with E-state index in [0.717, 1.165) is 10.2 Å². The van der Waals surface area contributed by atoms with Gasteiger partial charge in [-0.05, 0) is 40.5 Å². The molecule has 0 saturated carbocycles. The van der Waals surface area contributed by atoms with Crippen LogP contribution in [0.15, 0.2) is 35.1 Å². The molecular formula is C16H13BrClF3N6O. The van der Waals surface area contributed by atoms with Gasteiger partial charge in [0.1, 0.15) is 12.9 Å². The summed E-state index contributed by atoms with van der Waals surface area (Å²) in [5, 5.41) is 10.6. The van der Waals surface area contributed by atoms with Gasteiger partial charge in [0.15, 0.2) is 5.69 Å². The number of benzene rings is 1. The first-order valence-corrected chi connectivity index (χ1v) is 9.04. The van der Waals surface area contributed by atoms with Crippen LogP contribution < -0.4 is 5.32 Å². The fourth-order valence-corrected chi connectivity index (χ4v) is 3.00. The Morgan fingerprint density at radius 3 is 2.54 bits per heavy atom. The molecule has 0 bridgehead atoms. The summed E-state index contributed by atoms with van der Waals surface area (Å²) in [6, 6.07) is 7.16. The molecule has 0 atom stereocenters. The van der Waals surface area contributed by atoms with Gasteiger partial charge in [-0.25, -0.2) is 9.67 Å². The maximum absolute atomic E-state index is 12.9. The molecule has 0 aliphatic rings. The predicted octanol–water partition coefficient (Wildman–Crippen LogP) is 3.90. The van der Waals surface area contributed by atoms with Crippen LogP contribution in [0, 0.1) is 6.92 Å². The second-order valence-corrected chi connectivity index (χ2v) is 7.07. The Balaban J connectivity index is 1.64. The second-order valence-electron chi connectivity index (χ2n) is 5.84. The number of hydrogen-bond donors (Lipinski definition) is 1. The zero-order chi connectivity index (χ0) is 20.5. The van der Waals surface area contributed by atoms with Crippen molar-refractivity contribution in [1.82, 2.24) is 24.5 Å². The fraction of sp³-hybridized carbons (Fsp3) is 0.250. The first kappa shape index (κ1) is 20.3. The van der Waals surface area contributed by atoms with Gasteiger partial charge in [0, 0.05) is 5.02 Å². The van der Waals surface area contributed by atoms with Crippen LogP contribution in [0.25, 0.3) is 0 Å². The Labute approximate surface area is 170 Å². The SMILES string of the molecule is Cc1c(Br)c(C(F)(F)F)nn1CC(=O)Nc1ncn(Cc2ccc(Cl)cc2)n1. The Hall–Kier alpha value is -2.40. The molecule has 0 fully saturated rings. The van der Waals surface area contributed by atoms with E-state index in [0.29, 0.717) is 11.6 Å². The lowest BCUT2D eigenvalue weighted by atomic mass is 10.2. The molecule has 2 heterocycles. The van der Waals surface area contributed by atoms with Crippen molar-refractivity contribution in [2.75, 3.05) is 5.32 Å². The predicted molar refractivity (Wildman–Crippen MR) is 98.9 cm³/mol. The van der Waals surface area contributed by atoms with Crippen LogP contribution in [0.3, 0.4) is 0 Å². The van der Waals surface area contributed by atoms with Gasteiger partial charge in [-0.3, -0.25) is 14.8 Å². The van der Waals surface area contributed by atoms with Crippen LogP contribution in [0.5, 0.6) is 0 Å². The fourth-order valence-electron chi connectivity index (χ4n) is 2.36. The van der Waals surface area contributed by atoms with E-state index in [2.05, 4.69) is 36.4 Å². The summed E-state index contributed by atoms with van der Waals surface area (Å²) in [5.41, 5.74) is 0.0377. The van der Waals surface area contributed by atoms with Gasteiger partial charge in [0.05, 0.1) is 16.7 Å². The van der Waals surface area contributed by atoms with E-state index in [9.17, 15) is 18.0 Å². The molecule has 0 spiro atoms. The maximum atomic E-state index is 12.9. The number of hydrogen-bond acceptors (Lipinski definition) is 4. The van der Waals surface area contributed by atoms with Gasteiger partial charge in [-0.15, -0.1) is 5.10 Å². The van der Waals surface area contributed by atoms with E-state index >= 15 is 0 Å². The molecule has 0 unspecified atom stereocenters. The number of rotatable bonds is 5. The summed E-state index contributed by atoms with van der Waals surface area (Å²) in [5.74, 6) is -0.560. The molecule has 3 aromatic rings. The lowest BCUT2D eigenvalue weighted by molar-refractivity contribution is -0.142. The minimum absolute atomic E-state index is 0.0406. The molecule has 1 aromatic carbocycles. The molecule has 0 aliphatic carbocycles. The van der Waals surface area contributed by atoms with Crippen LogP contribution in [-0.2, 0) is 24.1 Å². The number of anilines is 1. The normalized spacial score (nSPS) is 11.6. The average molecular weight is 478 g/mol. The zero-order valence-electron chi connectivity index (χ0n) is 14.3. The average Bonchev–Trinajstić information content (AvgIpc) is 3.16. The van der Waals surface area contributed by atoms with Crippen molar-refractivity contribution in [1.29, 1.82) is 0 Å². The molecule has 148 valence electrons. The van der Waals surface area contributed by atoms with Gasteiger partial charge in [-0.2, -0.15) is 18.3 Å². The molecule has 2 aromatic heterocycles. The van der Waals surface area contributed by atoms with Crippen molar-refractivity contribution in [3.05, 3.63) is 57.0 Å². The summed E-state index contributed by atoms with van der Waals surface area (Å²) in [7, 11) is 0. The topological polar surface area (TPSA) is 77.6 Å².